The highest BCUT2D eigenvalue weighted by atomic mass is 16.4. The van der Waals surface area contributed by atoms with Gasteiger partial charge in [0.2, 0.25) is 0 Å². The van der Waals surface area contributed by atoms with E-state index in [1.54, 1.807) is 0 Å². The van der Waals surface area contributed by atoms with E-state index in [9.17, 15) is 19.8 Å². The standard InChI is InChI=1S/C30H38O4/c1-17-3-24(28-9-21-6-22(10-28)14-30(13-21,16-28)26(33)34)18(2)4-23(17)27-7-19-5-20(8-27)12-29(11-19,15-27)25(31)32/h3-4,19-22H,5-16H2,1-2H3,(H,31,32)(H,33,34). The van der Waals surface area contributed by atoms with Crippen molar-refractivity contribution in [3.8, 4) is 0 Å². The van der Waals surface area contributed by atoms with Crippen LogP contribution in [0.1, 0.15) is 99.3 Å². The van der Waals surface area contributed by atoms with Gasteiger partial charge in [0.05, 0.1) is 10.8 Å². The normalized spacial score (nSPS) is 47.8. The number of hydrogen-bond donors (Lipinski definition) is 2. The molecule has 4 atom stereocenters. The van der Waals surface area contributed by atoms with Crippen LogP contribution >= 0.6 is 0 Å². The summed E-state index contributed by atoms with van der Waals surface area (Å²) in [6.07, 6.45) is 12.1. The third-order valence-electron chi connectivity index (χ3n) is 11.7. The predicted molar refractivity (Wildman–Crippen MR) is 129 cm³/mol. The van der Waals surface area contributed by atoms with Crippen LogP contribution in [0.2, 0.25) is 0 Å². The number of carbonyl (C=O) groups is 2. The summed E-state index contributed by atoms with van der Waals surface area (Å²) in [5.74, 6) is 1.07. The Balaban J connectivity index is 1.31. The maximum atomic E-state index is 12.4. The fraction of sp³-hybridized carbons (Fsp3) is 0.733. The molecule has 4 heteroatoms. The third-order valence-corrected chi connectivity index (χ3v) is 11.7. The molecule has 0 saturated heterocycles. The van der Waals surface area contributed by atoms with E-state index in [1.165, 1.54) is 35.1 Å². The summed E-state index contributed by atoms with van der Waals surface area (Å²) in [4.78, 5) is 24.9. The molecule has 0 spiro atoms. The van der Waals surface area contributed by atoms with Crippen molar-refractivity contribution >= 4 is 11.9 Å². The van der Waals surface area contributed by atoms with E-state index in [0.29, 0.717) is 23.7 Å². The Kier molecular flexibility index (Phi) is 4.08. The van der Waals surface area contributed by atoms with Gasteiger partial charge in [-0.15, -0.1) is 0 Å². The Bertz CT molecular complexity index is 999. The van der Waals surface area contributed by atoms with Crippen LogP contribution in [0.25, 0.3) is 0 Å². The van der Waals surface area contributed by atoms with Crippen LogP contribution in [0.3, 0.4) is 0 Å². The van der Waals surface area contributed by atoms with Crippen molar-refractivity contribution in [3.63, 3.8) is 0 Å². The first-order chi connectivity index (χ1) is 16.1. The molecule has 9 rings (SSSR count). The molecule has 0 amide bonds. The number of hydrogen-bond acceptors (Lipinski definition) is 2. The maximum Gasteiger partial charge on any atom is 0.309 e. The topological polar surface area (TPSA) is 74.6 Å². The first-order valence-corrected chi connectivity index (χ1v) is 13.7. The van der Waals surface area contributed by atoms with Crippen molar-refractivity contribution in [1.82, 2.24) is 0 Å². The van der Waals surface area contributed by atoms with Gasteiger partial charge in [0.15, 0.2) is 0 Å². The minimum Gasteiger partial charge on any atom is -0.481 e. The number of aryl methyl sites for hydroxylation is 2. The fourth-order valence-corrected chi connectivity index (χ4v) is 11.6. The van der Waals surface area contributed by atoms with Gasteiger partial charge in [0.1, 0.15) is 0 Å². The Labute approximate surface area is 202 Å². The van der Waals surface area contributed by atoms with Crippen molar-refractivity contribution in [3.05, 3.63) is 34.4 Å². The van der Waals surface area contributed by atoms with Gasteiger partial charge in [-0.1, -0.05) is 12.1 Å². The highest BCUT2D eigenvalue weighted by Gasteiger charge is 2.63. The summed E-state index contributed by atoms with van der Waals surface area (Å²) in [5, 5.41) is 20.5. The summed E-state index contributed by atoms with van der Waals surface area (Å²) in [7, 11) is 0. The number of rotatable bonds is 4. The zero-order valence-electron chi connectivity index (χ0n) is 20.7. The summed E-state index contributed by atoms with van der Waals surface area (Å²) in [6.45, 7) is 4.50. The average Bonchev–Trinajstić information content (AvgIpc) is 2.73. The average molecular weight is 463 g/mol. The summed E-state index contributed by atoms with van der Waals surface area (Å²) in [5.41, 5.74) is 4.45. The molecule has 8 saturated carbocycles. The molecule has 4 unspecified atom stereocenters. The van der Waals surface area contributed by atoms with Gasteiger partial charge >= 0.3 is 11.9 Å². The van der Waals surface area contributed by atoms with Crippen molar-refractivity contribution < 1.29 is 19.8 Å². The highest BCUT2D eigenvalue weighted by Crippen LogP contribution is 2.68. The van der Waals surface area contributed by atoms with Crippen LogP contribution in [-0.4, -0.2) is 22.2 Å². The van der Waals surface area contributed by atoms with Crippen LogP contribution in [0, 0.1) is 48.3 Å². The van der Waals surface area contributed by atoms with Crippen LogP contribution < -0.4 is 0 Å². The Hall–Kier alpha value is -1.84. The van der Waals surface area contributed by atoms with Gasteiger partial charge in [0.25, 0.3) is 0 Å². The molecule has 0 aliphatic heterocycles. The highest BCUT2D eigenvalue weighted by molar-refractivity contribution is 5.76. The maximum absolute atomic E-state index is 12.4. The van der Waals surface area contributed by atoms with Gasteiger partial charge in [-0.05, 0) is 148 Å². The van der Waals surface area contributed by atoms with Crippen molar-refractivity contribution in [2.45, 2.75) is 102 Å². The Morgan fingerprint density at radius 3 is 1.26 bits per heavy atom. The van der Waals surface area contributed by atoms with Crippen LogP contribution in [0.4, 0.5) is 0 Å². The second-order valence-corrected chi connectivity index (χ2v) is 14.1. The molecular weight excluding hydrogens is 424 g/mol. The van der Waals surface area contributed by atoms with Gasteiger partial charge in [0, 0.05) is 0 Å². The van der Waals surface area contributed by atoms with E-state index < -0.39 is 22.8 Å². The van der Waals surface area contributed by atoms with E-state index >= 15 is 0 Å². The summed E-state index contributed by atoms with van der Waals surface area (Å²) < 4.78 is 0. The lowest BCUT2D eigenvalue weighted by Crippen LogP contribution is -2.57. The lowest BCUT2D eigenvalue weighted by Gasteiger charge is -2.62. The quantitative estimate of drug-likeness (QED) is 0.563. The van der Waals surface area contributed by atoms with Crippen molar-refractivity contribution in [1.29, 1.82) is 0 Å². The zero-order chi connectivity index (χ0) is 23.7. The van der Waals surface area contributed by atoms with Gasteiger partial charge < -0.3 is 10.2 Å². The van der Waals surface area contributed by atoms with Crippen molar-refractivity contribution in [2.24, 2.45) is 34.5 Å². The SMILES string of the molecule is Cc1cc(C23CC4CC(CC(C(=O)O)(C4)C2)C3)c(C)cc1C12CC3CC(CC(C(=O)O)(C3)C1)C2. The minimum atomic E-state index is -0.565. The van der Waals surface area contributed by atoms with E-state index in [1.807, 2.05) is 0 Å². The molecular formula is C30H38O4. The molecule has 4 nitrogen and oxygen atoms in total. The largest absolute Gasteiger partial charge is 0.481 e. The number of aliphatic carboxylic acids is 2. The van der Waals surface area contributed by atoms with Gasteiger partial charge in [-0.3, -0.25) is 9.59 Å². The molecule has 182 valence electrons. The summed E-state index contributed by atoms with van der Waals surface area (Å²) in [6, 6.07) is 4.86. The molecule has 8 aliphatic rings. The molecule has 2 N–H and O–H groups in total. The van der Waals surface area contributed by atoms with Gasteiger partial charge in [-0.2, -0.15) is 0 Å². The molecule has 34 heavy (non-hydrogen) atoms. The number of carboxylic acid groups (broad SMARTS) is 2. The second-order valence-electron chi connectivity index (χ2n) is 14.1. The summed E-state index contributed by atoms with van der Waals surface area (Å²) >= 11 is 0. The molecule has 0 radical (unpaired) electrons. The zero-order valence-corrected chi connectivity index (χ0v) is 20.7. The molecule has 8 fully saturated rings. The molecule has 0 aromatic heterocycles. The van der Waals surface area contributed by atoms with Gasteiger partial charge in [-0.25, -0.2) is 0 Å². The molecule has 1 aromatic rings. The Morgan fingerprint density at radius 1 is 0.647 bits per heavy atom. The first-order valence-electron chi connectivity index (χ1n) is 13.7. The van der Waals surface area contributed by atoms with E-state index in [2.05, 4.69) is 26.0 Å². The third kappa shape index (κ3) is 2.66. The minimum absolute atomic E-state index is 0.0135. The van der Waals surface area contributed by atoms with E-state index in [-0.39, 0.29) is 10.8 Å². The predicted octanol–water partition coefficient (Wildman–Crippen LogP) is 6.15. The molecule has 8 aliphatic carbocycles. The number of benzene rings is 1. The smallest absolute Gasteiger partial charge is 0.309 e. The monoisotopic (exact) mass is 462 g/mol. The van der Waals surface area contributed by atoms with Crippen LogP contribution in [0.15, 0.2) is 12.1 Å². The lowest BCUT2D eigenvalue weighted by atomic mass is 9.41. The lowest BCUT2D eigenvalue weighted by molar-refractivity contribution is -0.168. The first kappa shape index (κ1) is 21.4. The van der Waals surface area contributed by atoms with E-state index in [0.717, 1.165) is 64.2 Å². The van der Waals surface area contributed by atoms with Crippen molar-refractivity contribution in [2.75, 3.05) is 0 Å². The van der Waals surface area contributed by atoms with Crippen LogP contribution in [-0.2, 0) is 20.4 Å². The number of carboxylic acids is 2. The van der Waals surface area contributed by atoms with Crippen LogP contribution in [0.5, 0.6) is 0 Å². The fourth-order valence-electron chi connectivity index (χ4n) is 11.6. The molecule has 8 bridgehead atoms. The molecule has 0 heterocycles. The molecule has 1 aromatic carbocycles. The Morgan fingerprint density at radius 2 is 0.971 bits per heavy atom. The second kappa shape index (κ2) is 6.48. The van der Waals surface area contributed by atoms with E-state index in [4.69, 9.17) is 0 Å².